The Bertz CT molecular complexity index is 1640. The predicted octanol–water partition coefficient (Wildman–Crippen LogP) is 7.24. The molecule has 4 aromatic rings. The van der Waals surface area contributed by atoms with E-state index in [9.17, 15) is 19.2 Å². The van der Waals surface area contributed by atoms with Gasteiger partial charge in [-0.3, -0.25) is 24.1 Å². The summed E-state index contributed by atoms with van der Waals surface area (Å²) in [6, 6.07) is 22.6. The van der Waals surface area contributed by atoms with Crippen molar-refractivity contribution < 1.29 is 19.2 Å². The summed E-state index contributed by atoms with van der Waals surface area (Å²) >= 11 is 7.66. The molecule has 3 aromatic carbocycles. The summed E-state index contributed by atoms with van der Waals surface area (Å²) in [4.78, 5) is 54.8. The van der Waals surface area contributed by atoms with Gasteiger partial charge in [-0.15, -0.1) is 11.3 Å². The van der Waals surface area contributed by atoms with Gasteiger partial charge in [0.2, 0.25) is 5.91 Å². The van der Waals surface area contributed by atoms with E-state index in [0.717, 1.165) is 22.6 Å². The molecule has 42 heavy (non-hydrogen) atoms. The first kappa shape index (κ1) is 29.4. The quantitative estimate of drug-likeness (QED) is 0.154. The normalized spacial score (nSPS) is 13.4. The van der Waals surface area contributed by atoms with Crippen molar-refractivity contribution in [3.8, 4) is 0 Å². The van der Waals surface area contributed by atoms with Gasteiger partial charge in [0.25, 0.3) is 11.8 Å². The highest BCUT2D eigenvalue weighted by molar-refractivity contribution is 7.16. The number of rotatable bonds is 10. The van der Waals surface area contributed by atoms with Crippen molar-refractivity contribution in [3.63, 3.8) is 0 Å². The summed E-state index contributed by atoms with van der Waals surface area (Å²) < 4.78 is 0. The van der Waals surface area contributed by atoms with Crippen LogP contribution in [0.2, 0.25) is 5.02 Å². The molecule has 0 spiro atoms. The highest BCUT2D eigenvalue weighted by Crippen LogP contribution is 2.33. The first-order valence-electron chi connectivity index (χ1n) is 13.9. The van der Waals surface area contributed by atoms with Gasteiger partial charge in [-0.2, -0.15) is 0 Å². The number of ketones is 1. The SMILES string of the molecule is CC(C)Cc1ccc(CCc2cc(C(=O)c3ccccc3Cl)c(NC(=O)C(C)N3C(=O)c4ccccc4C3=O)s2)cc1. The van der Waals surface area contributed by atoms with E-state index in [0.29, 0.717) is 33.5 Å². The molecule has 0 radical (unpaired) electrons. The van der Waals surface area contributed by atoms with Crippen molar-refractivity contribution >= 4 is 51.4 Å². The van der Waals surface area contributed by atoms with Crippen molar-refractivity contribution in [2.45, 2.75) is 46.1 Å². The molecule has 0 aliphatic carbocycles. The monoisotopic (exact) mass is 598 g/mol. The smallest absolute Gasteiger partial charge is 0.262 e. The number of carbonyl (C=O) groups excluding carboxylic acids is 4. The molecule has 2 heterocycles. The van der Waals surface area contributed by atoms with Crippen molar-refractivity contribution in [2.75, 3.05) is 5.32 Å². The number of amides is 3. The average molecular weight is 599 g/mol. The second-order valence-corrected chi connectivity index (χ2v) is 12.4. The molecule has 1 aliphatic heterocycles. The molecule has 0 saturated carbocycles. The number of hydrogen-bond acceptors (Lipinski definition) is 5. The molecule has 8 heteroatoms. The van der Waals surface area contributed by atoms with E-state index in [2.05, 4.69) is 43.4 Å². The van der Waals surface area contributed by atoms with Crippen molar-refractivity contribution in [1.82, 2.24) is 4.90 Å². The Hall–Kier alpha value is -4.07. The van der Waals surface area contributed by atoms with Gasteiger partial charge in [0.05, 0.1) is 21.7 Å². The minimum Gasteiger partial charge on any atom is -0.315 e. The standard InChI is InChI=1S/C34H31ClN2O4S/c1-20(2)18-23-14-12-22(13-15-23)16-17-24-19-28(30(38)27-10-6-7-11-29(27)35)32(42-24)36-31(39)21(3)37-33(40)25-8-4-5-9-26(25)34(37)41/h4-15,19-21H,16-18H2,1-3H3,(H,36,39). The average Bonchev–Trinajstić information content (AvgIpc) is 3.49. The largest absolute Gasteiger partial charge is 0.315 e. The fourth-order valence-electron chi connectivity index (χ4n) is 5.09. The number of fused-ring (bicyclic) bond motifs is 1. The third-order valence-corrected chi connectivity index (χ3v) is 8.74. The minimum atomic E-state index is -1.09. The Balaban J connectivity index is 1.38. The zero-order valence-electron chi connectivity index (χ0n) is 23.6. The van der Waals surface area contributed by atoms with Crippen LogP contribution in [-0.2, 0) is 24.1 Å². The first-order chi connectivity index (χ1) is 20.1. The van der Waals surface area contributed by atoms with Crippen LogP contribution in [-0.4, -0.2) is 34.4 Å². The third kappa shape index (κ3) is 6.08. The molecule has 0 bridgehead atoms. The van der Waals surface area contributed by atoms with Crippen molar-refractivity contribution in [3.05, 3.63) is 122 Å². The van der Waals surface area contributed by atoms with Crippen molar-refractivity contribution in [2.24, 2.45) is 5.92 Å². The maximum atomic E-state index is 13.6. The Kier molecular flexibility index (Phi) is 8.71. The second-order valence-electron chi connectivity index (χ2n) is 10.9. The van der Waals surface area contributed by atoms with Crippen LogP contribution in [0, 0.1) is 5.92 Å². The Morgan fingerprint density at radius 2 is 1.40 bits per heavy atom. The predicted molar refractivity (Wildman–Crippen MR) is 167 cm³/mol. The zero-order chi connectivity index (χ0) is 30.0. The summed E-state index contributed by atoms with van der Waals surface area (Å²) in [6.07, 6.45) is 2.46. The van der Waals surface area contributed by atoms with E-state index < -0.39 is 23.8 Å². The summed E-state index contributed by atoms with van der Waals surface area (Å²) in [5, 5.41) is 3.51. The van der Waals surface area contributed by atoms with Gasteiger partial charge in [-0.25, -0.2) is 0 Å². The molecule has 1 N–H and O–H groups in total. The van der Waals surface area contributed by atoms with Gasteiger partial charge < -0.3 is 5.32 Å². The summed E-state index contributed by atoms with van der Waals surface area (Å²) in [7, 11) is 0. The maximum Gasteiger partial charge on any atom is 0.262 e. The highest BCUT2D eigenvalue weighted by atomic mass is 35.5. The summed E-state index contributed by atoms with van der Waals surface area (Å²) in [5.41, 5.74) is 3.67. The lowest BCUT2D eigenvalue weighted by molar-refractivity contribution is -0.119. The Labute approximate surface area is 254 Å². The summed E-state index contributed by atoms with van der Waals surface area (Å²) in [5.74, 6) is -1.32. The number of carbonyl (C=O) groups is 4. The molecule has 1 atom stereocenters. The lowest BCUT2D eigenvalue weighted by Crippen LogP contribution is -2.45. The molecule has 1 aliphatic rings. The number of thiophene rings is 1. The van der Waals surface area contributed by atoms with Crippen LogP contribution in [0.3, 0.4) is 0 Å². The lowest BCUT2D eigenvalue weighted by Gasteiger charge is -2.21. The van der Waals surface area contributed by atoms with E-state index in [4.69, 9.17) is 11.6 Å². The summed E-state index contributed by atoms with van der Waals surface area (Å²) in [6.45, 7) is 5.90. The van der Waals surface area contributed by atoms with Crippen LogP contribution in [0.15, 0.2) is 78.9 Å². The minimum absolute atomic E-state index is 0.271. The van der Waals surface area contributed by atoms with Crippen LogP contribution >= 0.6 is 22.9 Å². The van der Waals surface area contributed by atoms with Crippen molar-refractivity contribution in [1.29, 1.82) is 0 Å². The molecule has 5 rings (SSSR count). The molecule has 3 amide bonds. The highest BCUT2D eigenvalue weighted by Gasteiger charge is 2.41. The van der Waals surface area contributed by atoms with Gasteiger partial charge in [0.15, 0.2) is 5.78 Å². The number of nitrogens with zero attached hydrogens (tertiary/aromatic N) is 1. The van der Waals surface area contributed by atoms with E-state index in [1.165, 1.54) is 29.4 Å². The van der Waals surface area contributed by atoms with Crippen LogP contribution in [0.25, 0.3) is 0 Å². The molecule has 214 valence electrons. The Morgan fingerprint density at radius 3 is 2.02 bits per heavy atom. The molecule has 6 nitrogen and oxygen atoms in total. The molecule has 0 saturated heterocycles. The second kappa shape index (κ2) is 12.4. The maximum absolute atomic E-state index is 13.6. The zero-order valence-corrected chi connectivity index (χ0v) is 25.2. The molecular formula is C34H31ClN2O4S. The van der Waals surface area contributed by atoms with E-state index >= 15 is 0 Å². The lowest BCUT2D eigenvalue weighted by atomic mass is 10.00. The van der Waals surface area contributed by atoms with Crippen LogP contribution < -0.4 is 5.32 Å². The van der Waals surface area contributed by atoms with Crippen LogP contribution in [0.4, 0.5) is 5.00 Å². The fraction of sp³-hybridized carbons (Fsp3) is 0.235. The first-order valence-corrected chi connectivity index (χ1v) is 15.1. The number of imide groups is 1. The molecular weight excluding hydrogens is 568 g/mol. The van der Waals surface area contributed by atoms with Gasteiger partial charge in [-0.1, -0.05) is 74.0 Å². The third-order valence-electron chi connectivity index (χ3n) is 7.30. The number of nitrogens with one attached hydrogen (secondary N) is 1. The van der Waals surface area contributed by atoms with E-state index in [1.54, 1.807) is 54.6 Å². The van der Waals surface area contributed by atoms with Gasteiger partial charge in [-0.05, 0) is 73.6 Å². The van der Waals surface area contributed by atoms with Gasteiger partial charge >= 0.3 is 0 Å². The molecule has 0 fully saturated rings. The number of anilines is 1. The van der Waals surface area contributed by atoms with Gasteiger partial charge in [0, 0.05) is 10.4 Å². The van der Waals surface area contributed by atoms with Crippen LogP contribution in [0.5, 0.6) is 0 Å². The van der Waals surface area contributed by atoms with Gasteiger partial charge in [0.1, 0.15) is 11.0 Å². The number of benzene rings is 3. The number of aryl methyl sites for hydroxylation is 2. The number of halogens is 1. The molecule has 1 unspecified atom stereocenters. The van der Waals surface area contributed by atoms with E-state index in [-0.39, 0.29) is 16.9 Å². The van der Waals surface area contributed by atoms with Crippen LogP contribution in [0.1, 0.15) is 73.4 Å². The fourth-order valence-corrected chi connectivity index (χ4v) is 6.37. The Morgan fingerprint density at radius 1 is 0.810 bits per heavy atom. The molecule has 1 aromatic heterocycles. The topological polar surface area (TPSA) is 83.6 Å². The number of hydrogen-bond donors (Lipinski definition) is 1. The van der Waals surface area contributed by atoms with E-state index in [1.807, 2.05) is 0 Å².